The Bertz CT molecular complexity index is 1610. The van der Waals surface area contributed by atoms with Gasteiger partial charge in [0.1, 0.15) is 22.3 Å². The van der Waals surface area contributed by atoms with Gasteiger partial charge in [0, 0.05) is 0 Å². The molecule has 0 spiro atoms. The Labute approximate surface area is 240 Å². The van der Waals surface area contributed by atoms with E-state index in [-0.39, 0.29) is 29.8 Å². The number of hydrogen-bond acceptors (Lipinski definition) is 8. The molecule has 0 fully saturated rings. The minimum absolute atomic E-state index is 0.0201. The third-order valence-corrected chi connectivity index (χ3v) is 7.85. The smallest absolute Gasteiger partial charge is 0.360 e. The molecule has 0 saturated heterocycles. The minimum Gasteiger partial charge on any atom is -0.476 e. The first-order valence-corrected chi connectivity index (χ1v) is 13.6. The van der Waals surface area contributed by atoms with E-state index < -0.39 is 11.4 Å². The number of aliphatic carboxylic acids is 1. The normalized spacial score (nSPS) is 12.7. The zero-order valence-electron chi connectivity index (χ0n) is 21.8. The fourth-order valence-electron chi connectivity index (χ4n) is 4.98. The second kappa shape index (κ2) is 11.1. The summed E-state index contributed by atoms with van der Waals surface area (Å²) in [6.07, 6.45) is 0. The van der Waals surface area contributed by atoms with E-state index in [1.165, 1.54) is 11.3 Å². The number of thiazole rings is 1. The van der Waals surface area contributed by atoms with E-state index in [0.717, 1.165) is 22.3 Å². The number of rotatable bonds is 9. The molecule has 0 unspecified atom stereocenters. The second-order valence-electron chi connectivity index (χ2n) is 9.29. The van der Waals surface area contributed by atoms with Crippen molar-refractivity contribution in [3.8, 4) is 11.5 Å². The molecule has 0 amide bonds. The van der Waals surface area contributed by atoms with Crippen LogP contribution in [0.25, 0.3) is 0 Å². The lowest BCUT2D eigenvalue weighted by atomic mass is 9.70. The summed E-state index contributed by atoms with van der Waals surface area (Å²) in [4.78, 5) is 22.7. The number of carbonyl (C=O) groups is 1. The number of oxime groups is 1. The number of ether oxygens (including phenoxy) is 2. The average Bonchev–Trinajstić information content (AvgIpc) is 3.63. The van der Waals surface area contributed by atoms with Gasteiger partial charge in [0.2, 0.25) is 12.5 Å². The molecule has 1 aliphatic heterocycles. The molecule has 2 heterocycles. The number of hydrogen-bond donors (Lipinski definition) is 2. The highest BCUT2D eigenvalue weighted by Crippen LogP contribution is 2.47. The molecular formula is C32H25N3O5S. The molecule has 9 heteroatoms. The molecule has 5 aromatic rings. The summed E-state index contributed by atoms with van der Waals surface area (Å²) in [5.74, 6) is -0.0602. The molecule has 1 aromatic heterocycles. The summed E-state index contributed by atoms with van der Waals surface area (Å²) in [6.45, 7) is 0.176. The van der Waals surface area contributed by atoms with Crippen LogP contribution in [0.15, 0.2) is 114 Å². The third kappa shape index (κ3) is 4.87. The number of nitrogen functional groups attached to an aromatic ring is 1. The molecule has 0 atom stereocenters. The van der Waals surface area contributed by atoms with E-state index in [4.69, 9.17) is 25.0 Å². The van der Waals surface area contributed by atoms with Crippen LogP contribution in [0.2, 0.25) is 0 Å². The maximum absolute atomic E-state index is 12.4. The van der Waals surface area contributed by atoms with E-state index >= 15 is 0 Å². The maximum Gasteiger partial charge on any atom is 0.360 e. The quantitative estimate of drug-likeness (QED) is 0.131. The molecule has 8 nitrogen and oxygen atoms in total. The van der Waals surface area contributed by atoms with E-state index in [1.54, 1.807) is 18.2 Å². The lowest BCUT2D eigenvalue weighted by molar-refractivity contribution is -0.129. The van der Waals surface area contributed by atoms with E-state index in [1.807, 2.05) is 91.0 Å². The fraction of sp³-hybridized carbons (Fsp3) is 0.0938. The van der Waals surface area contributed by atoms with Crippen LogP contribution in [0.5, 0.6) is 11.5 Å². The van der Waals surface area contributed by atoms with Crippen molar-refractivity contribution in [2.45, 2.75) is 12.0 Å². The van der Waals surface area contributed by atoms with Crippen LogP contribution in [-0.2, 0) is 21.7 Å². The summed E-state index contributed by atoms with van der Waals surface area (Å²) in [7, 11) is 0. The number of carboxylic acids is 1. The van der Waals surface area contributed by atoms with Crippen molar-refractivity contribution >= 4 is 28.0 Å². The van der Waals surface area contributed by atoms with Crippen molar-refractivity contribution in [2.75, 3.05) is 12.5 Å². The van der Waals surface area contributed by atoms with E-state index in [9.17, 15) is 9.90 Å². The van der Waals surface area contributed by atoms with Crippen molar-refractivity contribution < 1.29 is 24.2 Å². The Hall–Kier alpha value is -5.15. The summed E-state index contributed by atoms with van der Waals surface area (Å²) < 4.78 is 10.7. The van der Waals surface area contributed by atoms with Crippen molar-refractivity contribution in [1.82, 2.24) is 4.98 Å². The molecule has 204 valence electrons. The molecule has 0 radical (unpaired) electrons. The lowest BCUT2D eigenvalue weighted by Crippen LogP contribution is -2.31. The number of nitrogens with two attached hydrogens (primary N) is 1. The number of benzene rings is 4. The number of fused-ring (bicyclic) bond motifs is 1. The van der Waals surface area contributed by atoms with Crippen LogP contribution in [0.1, 0.15) is 33.0 Å². The second-order valence-corrected chi connectivity index (χ2v) is 10.3. The van der Waals surface area contributed by atoms with E-state index in [0.29, 0.717) is 16.5 Å². The highest BCUT2D eigenvalue weighted by molar-refractivity contribution is 7.16. The average molecular weight is 564 g/mol. The van der Waals surface area contributed by atoms with Gasteiger partial charge in [0.15, 0.2) is 11.5 Å². The monoisotopic (exact) mass is 563 g/mol. The Morgan fingerprint density at radius 3 is 2.00 bits per heavy atom. The molecule has 3 N–H and O–H groups in total. The van der Waals surface area contributed by atoms with Gasteiger partial charge >= 0.3 is 5.97 Å². The van der Waals surface area contributed by atoms with Gasteiger partial charge in [0.25, 0.3) is 0 Å². The van der Waals surface area contributed by atoms with Crippen molar-refractivity contribution in [3.05, 3.63) is 142 Å². The Morgan fingerprint density at radius 1 is 0.878 bits per heavy atom. The van der Waals surface area contributed by atoms with Gasteiger partial charge in [-0.2, -0.15) is 0 Å². The van der Waals surface area contributed by atoms with Crippen LogP contribution in [0.3, 0.4) is 0 Å². The largest absolute Gasteiger partial charge is 0.476 e. The molecule has 0 aliphatic carbocycles. The van der Waals surface area contributed by atoms with Gasteiger partial charge in [-0.1, -0.05) is 114 Å². The number of carboxylic acid groups (broad SMARTS) is 1. The number of aromatic nitrogens is 1. The summed E-state index contributed by atoms with van der Waals surface area (Å²) in [5, 5.41) is 14.9. The molecular weight excluding hydrogens is 538 g/mol. The van der Waals surface area contributed by atoms with Crippen molar-refractivity contribution in [2.24, 2.45) is 5.16 Å². The van der Waals surface area contributed by atoms with Gasteiger partial charge in [0.05, 0.1) is 5.41 Å². The van der Waals surface area contributed by atoms with Gasteiger partial charge < -0.3 is 25.2 Å². The Kier molecular flexibility index (Phi) is 7.09. The van der Waals surface area contributed by atoms with Gasteiger partial charge in [-0.05, 0) is 34.4 Å². The SMILES string of the molecule is Nc1sc(C(c2ccccc2)(c2ccccc2)c2ccccc2)nc1/C(=N/OCc1ccc2c(c1)OCO2)C(=O)O. The summed E-state index contributed by atoms with van der Waals surface area (Å²) in [5.41, 5.74) is 8.92. The minimum atomic E-state index is -1.30. The van der Waals surface area contributed by atoms with E-state index in [2.05, 4.69) is 5.16 Å². The Morgan fingerprint density at radius 2 is 1.44 bits per heavy atom. The predicted molar refractivity (Wildman–Crippen MR) is 156 cm³/mol. The number of anilines is 1. The maximum atomic E-state index is 12.4. The summed E-state index contributed by atoms with van der Waals surface area (Å²) >= 11 is 1.23. The highest BCUT2D eigenvalue weighted by atomic mass is 32.1. The zero-order valence-corrected chi connectivity index (χ0v) is 22.6. The van der Waals surface area contributed by atoms with Gasteiger partial charge in [-0.15, -0.1) is 0 Å². The first-order valence-electron chi connectivity index (χ1n) is 12.8. The molecule has 4 aromatic carbocycles. The van der Waals surface area contributed by atoms with Crippen molar-refractivity contribution in [3.63, 3.8) is 0 Å². The van der Waals surface area contributed by atoms with Crippen LogP contribution in [0, 0.1) is 0 Å². The highest BCUT2D eigenvalue weighted by Gasteiger charge is 2.42. The van der Waals surface area contributed by atoms with Gasteiger partial charge in [-0.25, -0.2) is 9.78 Å². The molecule has 41 heavy (non-hydrogen) atoms. The van der Waals surface area contributed by atoms with Gasteiger partial charge in [-0.3, -0.25) is 0 Å². The lowest BCUT2D eigenvalue weighted by Gasteiger charge is -2.34. The summed E-state index contributed by atoms with van der Waals surface area (Å²) in [6, 6.07) is 35.3. The molecule has 0 bridgehead atoms. The number of nitrogens with zero attached hydrogens (tertiary/aromatic N) is 2. The van der Waals surface area contributed by atoms with Crippen molar-refractivity contribution in [1.29, 1.82) is 0 Å². The Balaban J connectivity index is 1.44. The standard InChI is InChI=1S/C32H25N3O5S/c33-29-27(28(30(36)37)35-40-19-21-16-17-25-26(18-21)39-20-38-25)34-31(41-29)32(22-10-4-1-5-11-22,23-12-6-2-7-13-23)24-14-8-3-9-15-24/h1-18H,19-20,33H2,(H,36,37)/b35-28-. The first kappa shape index (κ1) is 26.1. The van der Waals surface area contributed by atoms with Crippen LogP contribution in [0.4, 0.5) is 5.00 Å². The van der Waals surface area contributed by atoms with Crippen LogP contribution < -0.4 is 15.2 Å². The van der Waals surface area contributed by atoms with Crippen LogP contribution >= 0.6 is 11.3 Å². The first-order chi connectivity index (χ1) is 20.1. The topological polar surface area (TPSA) is 116 Å². The molecule has 1 aliphatic rings. The molecule has 6 rings (SSSR count). The van der Waals surface area contributed by atoms with Crippen LogP contribution in [-0.4, -0.2) is 28.6 Å². The zero-order chi connectivity index (χ0) is 28.2. The third-order valence-electron chi connectivity index (χ3n) is 6.85. The fourth-order valence-corrected chi connectivity index (χ4v) is 6.07. The molecule has 0 saturated carbocycles. The predicted octanol–water partition coefficient (Wildman–Crippen LogP) is 5.84.